The van der Waals surface area contributed by atoms with Crippen molar-refractivity contribution in [3.05, 3.63) is 11.6 Å². The standard InChI is InChI=1S/C11H15F2N3O3/c12-8(13)6-19-4-3-10-15-14-9-2-1-7(11(17)18)5-16(9)10/h7-8H,1-6H2,(H,17,18). The zero-order valence-electron chi connectivity index (χ0n) is 10.3. The highest BCUT2D eigenvalue weighted by atomic mass is 19.3. The van der Waals surface area contributed by atoms with Crippen LogP contribution in [0.1, 0.15) is 18.1 Å². The van der Waals surface area contributed by atoms with E-state index in [4.69, 9.17) is 9.84 Å². The summed E-state index contributed by atoms with van der Waals surface area (Å²) in [6.45, 7) is -0.138. The van der Waals surface area contributed by atoms with Crippen LogP contribution in [0.2, 0.25) is 0 Å². The van der Waals surface area contributed by atoms with Gasteiger partial charge in [0.05, 0.1) is 12.5 Å². The molecule has 0 bridgehead atoms. The molecule has 0 aromatic carbocycles. The Balaban J connectivity index is 1.93. The molecule has 106 valence electrons. The molecule has 1 unspecified atom stereocenters. The lowest BCUT2D eigenvalue weighted by Crippen LogP contribution is -2.28. The Morgan fingerprint density at radius 1 is 1.53 bits per heavy atom. The van der Waals surface area contributed by atoms with Crippen LogP contribution in [0, 0.1) is 5.92 Å². The Labute approximate surface area is 108 Å². The summed E-state index contributed by atoms with van der Waals surface area (Å²) in [5.74, 6) is 0.0695. The molecule has 0 amide bonds. The third-order valence-electron chi connectivity index (χ3n) is 3.09. The third kappa shape index (κ3) is 3.46. The van der Waals surface area contributed by atoms with Gasteiger partial charge in [-0.1, -0.05) is 0 Å². The van der Waals surface area contributed by atoms with Crippen molar-refractivity contribution >= 4 is 5.97 Å². The number of fused-ring (bicyclic) bond motifs is 1. The lowest BCUT2D eigenvalue weighted by Gasteiger charge is -2.21. The average molecular weight is 275 g/mol. The number of alkyl halides is 2. The number of rotatable bonds is 6. The first-order chi connectivity index (χ1) is 9.08. The third-order valence-corrected chi connectivity index (χ3v) is 3.09. The molecule has 1 aromatic rings. The predicted molar refractivity (Wildman–Crippen MR) is 60.0 cm³/mol. The molecule has 2 rings (SSSR count). The molecular formula is C11H15F2N3O3. The first kappa shape index (κ1) is 13.9. The molecule has 0 saturated carbocycles. The number of carbonyl (C=O) groups is 1. The van der Waals surface area contributed by atoms with Gasteiger partial charge in [0, 0.05) is 19.4 Å². The fraction of sp³-hybridized carbons (Fsp3) is 0.727. The zero-order valence-corrected chi connectivity index (χ0v) is 10.3. The molecular weight excluding hydrogens is 260 g/mol. The molecule has 0 saturated heterocycles. The maximum absolute atomic E-state index is 11.9. The molecule has 8 heteroatoms. The second-order valence-electron chi connectivity index (χ2n) is 4.43. The van der Waals surface area contributed by atoms with Crippen molar-refractivity contribution in [3.63, 3.8) is 0 Å². The van der Waals surface area contributed by atoms with Crippen molar-refractivity contribution in [2.75, 3.05) is 13.2 Å². The van der Waals surface area contributed by atoms with Crippen molar-refractivity contribution in [1.82, 2.24) is 14.8 Å². The normalized spacial score (nSPS) is 18.6. The Hall–Kier alpha value is -1.57. The average Bonchev–Trinajstić information content (AvgIpc) is 2.76. The van der Waals surface area contributed by atoms with Gasteiger partial charge in [0.2, 0.25) is 0 Å². The zero-order chi connectivity index (χ0) is 13.8. The van der Waals surface area contributed by atoms with Crippen LogP contribution < -0.4 is 0 Å². The number of aryl methyl sites for hydroxylation is 1. The molecule has 0 aliphatic carbocycles. The van der Waals surface area contributed by atoms with Crippen LogP contribution in [-0.2, 0) is 28.9 Å². The van der Waals surface area contributed by atoms with E-state index in [0.29, 0.717) is 31.6 Å². The number of nitrogens with zero attached hydrogens (tertiary/aromatic N) is 3. The first-order valence-corrected chi connectivity index (χ1v) is 6.07. The number of carboxylic acids is 1. The van der Waals surface area contributed by atoms with Gasteiger partial charge in [-0.05, 0) is 6.42 Å². The number of hydrogen-bond donors (Lipinski definition) is 1. The van der Waals surface area contributed by atoms with Crippen molar-refractivity contribution < 1.29 is 23.4 Å². The second-order valence-corrected chi connectivity index (χ2v) is 4.43. The molecule has 0 radical (unpaired) electrons. The minimum Gasteiger partial charge on any atom is -0.481 e. The highest BCUT2D eigenvalue weighted by molar-refractivity contribution is 5.70. The van der Waals surface area contributed by atoms with E-state index in [1.54, 1.807) is 4.57 Å². The van der Waals surface area contributed by atoms with E-state index < -0.39 is 24.9 Å². The van der Waals surface area contributed by atoms with E-state index in [1.807, 2.05) is 0 Å². The number of carboxylic acid groups (broad SMARTS) is 1. The molecule has 0 fully saturated rings. The van der Waals surface area contributed by atoms with Crippen LogP contribution in [0.15, 0.2) is 0 Å². The quantitative estimate of drug-likeness (QED) is 0.775. The maximum atomic E-state index is 11.9. The lowest BCUT2D eigenvalue weighted by molar-refractivity contribution is -0.142. The fourth-order valence-electron chi connectivity index (χ4n) is 2.11. The summed E-state index contributed by atoms with van der Waals surface area (Å²) >= 11 is 0. The second kappa shape index (κ2) is 6.05. The predicted octanol–water partition coefficient (Wildman–Crippen LogP) is 0.749. The van der Waals surface area contributed by atoms with Gasteiger partial charge in [0.25, 0.3) is 6.43 Å². The first-order valence-electron chi connectivity index (χ1n) is 6.07. The van der Waals surface area contributed by atoms with Crippen molar-refractivity contribution in [2.24, 2.45) is 5.92 Å². The van der Waals surface area contributed by atoms with Crippen molar-refractivity contribution in [1.29, 1.82) is 0 Å². The molecule has 19 heavy (non-hydrogen) atoms. The van der Waals surface area contributed by atoms with Crippen molar-refractivity contribution in [3.8, 4) is 0 Å². The summed E-state index contributed by atoms with van der Waals surface area (Å²) in [6, 6.07) is 0. The number of halogens is 2. The number of ether oxygens (including phenoxy) is 1. The maximum Gasteiger partial charge on any atom is 0.308 e. The largest absolute Gasteiger partial charge is 0.481 e. The minimum atomic E-state index is -2.48. The summed E-state index contributed by atoms with van der Waals surface area (Å²) in [5.41, 5.74) is 0. The van der Waals surface area contributed by atoms with Gasteiger partial charge in [0.15, 0.2) is 0 Å². The van der Waals surface area contributed by atoms with Gasteiger partial charge >= 0.3 is 5.97 Å². The van der Waals surface area contributed by atoms with E-state index in [1.165, 1.54) is 0 Å². The summed E-state index contributed by atoms with van der Waals surface area (Å²) < 4.78 is 30.3. The lowest BCUT2D eigenvalue weighted by atomic mass is 9.99. The molecule has 1 aliphatic rings. The van der Waals surface area contributed by atoms with E-state index in [-0.39, 0.29) is 6.61 Å². The van der Waals surface area contributed by atoms with Gasteiger partial charge < -0.3 is 14.4 Å². The van der Waals surface area contributed by atoms with E-state index in [2.05, 4.69) is 10.2 Å². The summed E-state index contributed by atoms with van der Waals surface area (Å²) in [5, 5.41) is 16.9. The SMILES string of the molecule is O=C(O)C1CCc2nnc(CCOCC(F)F)n2C1. The monoisotopic (exact) mass is 275 g/mol. The van der Waals surface area contributed by atoms with E-state index in [0.717, 1.165) is 5.82 Å². The molecule has 1 aromatic heterocycles. The van der Waals surface area contributed by atoms with E-state index >= 15 is 0 Å². The smallest absolute Gasteiger partial charge is 0.308 e. The molecule has 1 aliphatic heterocycles. The van der Waals surface area contributed by atoms with Crippen LogP contribution >= 0.6 is 0 Å². The Kier molecular flexibility index (Phi) is 4.41. The van der Waals surface area contributed by atoms with Crippen LogP contribution in [0.3, 0.4) is 0 Å². The van der Waals surface area contributed by atoms with Gasteiger partial charge in [-0.3, -0.25) is 4.79 Å². The van der Waals surface area contributed by atoms with Gasteiger partial charge in [-0.2, -0.15) is 0 Å². The molecule has 1 N–H and O–H groups in total. The number of aromatic nitrogens is 3. The summed E-state index contributed by atoms with van der Waals surface area (Å²) in [4.78, 5) is 11.0. The highest BCUT2D eigenvalue weighted by Gasteiger charge is 2.27. The van der Waals surface area contributed by atoms with Crippen LogP contribution in [0.5, 0.6) is 0 Å². The van der Waals surface area contributed by atoms with Crippen LogP contribution in [0.4, 0.5) is 8.78 Å². The van der Waals surface area contributed by atoms with E-state index in [9.17, 15) is 13.6 Å². The molecule has 2 heterocycles. The fourth-order valence-corrected chi connectivity index (χ4v) is 2.11. The Bertz CT molecular complexity index is 450. The Morgan fingerprint density at radius 3 is 3.00 bits per heavy atom. The van der Waals surface area contributed by atoms with Crippen LogP contribution in [-0.4, -0.2) is 45.5 Å². The topological polar surface area (TPSA) is 77.2 Å². The minimum absolute atomic E-state index is 0.125. The number of hydrogen-bond acceptors (Lipinski definition) is 4. The van der Waals surface area contributed by atoms with Crippen LogP contribution in [0.25, 0.3) is 0 Å². The van der Waals surface area contributed by atoms with Crippen molar-refractivity contribution in [2.45, 2.75) is 32.2 Å². The summed E-state index contributed by atoms with van der Waals surface area (Å²) in [6.07, 6.45) is -1.01. The van der Waals surface area contributed by atoms with Gasteiger partial charge in [-0.15, -0.1) is 10.2 Å². The Morgan fingerprint density at radius 2 is 2.32 bits per heavy atom. The van der Waals surface area contributed by atoms with Gasteiger partial charge in [-0.25, -0.2) is 8.78 Å². The molecule has 0 spiro atoms. The van der Waals surface area contributed by atoms with Gasteiger partial charge in [0.1, 0.15) is 18.3 Å². The summed E-state index contributed by atoms with van der Waals surface area (Å²) in [7, 11) is 0. The number of aliphatic carboxylic acids is 1. The highest BCUT2D eigenvalue weighted by Crippen LogP contribution is 2.20. The molecule has 1 atom stereocenters. The molecule has 6 nitrogen and oxygen atoms in total.